The number of hydrogen-bond acceptors (Lipinski definition) is 5. The zero-order valence-corrected chi connectivity index (χ0v) is 16.4. The molecule has 1 fully saturated rings. The van der Waals surface area contributed by atoms with Gasteiger partial charge in [-0.1, -0.05) is 30.3 Å². The van der Waals surface area contributed by atoms with Crippen molar-refractivity contribution in [3.63, 3.8) is 0 Å². The summed E-state index contributed by atoms with van der Waals surface area (Å²) in [5.41, 5.74) is 3.59. The average Bonchev–Trinajstić information content (AvgIpc) is 3.28. The van der Waals surface area contributed by atoms with Gasteiger partial charge in [0.1, 0.15) is 5.82 Å². The highest BCUT2D eigenvalue weighted by Gasteiger charge is 2.12. The Hall–Kier alpha value is -3.08. The normalized spacial score (nSPS) is 13.5. The Labute approximate surface area is 167 Å². The van der Waals surface area contributed by atoms with Crippen LogP contribution in [-0.4, -0.2) is 29.6 Å². The smallest absolute Gasteiger partial charge is 0.227 e. The second-order valence-corrected chi connectivity index (χ2v) is 7.11. The fraction of sp³-hybridized carbons (Fsp3) is 0.304. The number of hydrogen-bond donors (Lipinski definition) is 1. The number of benzene rings is 2. The van der Waals surface area contributed by atoms with E-state index in [0.29, 0.717) is 0 Å². The average molecular weight is 374 g/mol. The first-order valence-corrected chi connectivity index (χ1v) is 10.1. The molecule has 2 aromatic carbocycles. The Balaban J connectivity index is 1.45. The molecular weight excluding hydrogens is 346 g/mol. The molecule has 2 heterocycles. The molecule has 1 saturated heterocycles. The highest BCUT2D eigenvalue weighted by atomic mass is 15.3. The number of aromatic nitrogens is 2. The lowest BCUT2D eigenvalue weighted by molar-refractivity contribution is 0.792. The second kappa shape index (κ2) is 8.74. The number of anilines is 4. The van der Waals surface area contributed by atoms with Gasteiger partial charge in [-0.05, 0) is 55.7 Å². The molecule has 3 aromatic rings. The molecule has 144 valence electrons. The van der Waals surface area contributed by atoms with Gasteiger partial charge in [-0.3, -0.25) is 0 Å². The first-order chi connectivity index (χ1) is 13.8. The van der Waals surface area contributed by atoms with Crippen molar-refractivity contribution in [2.24, 2.45) is 0 Å². The van der Waals surface area contributed by atoms with Crippen molar-refractivity contribution in [1.29, 1.82) is 0 Å². The minimum Gasteiger partial charge on any atom is -0.372 e. The van der Waals surface area contributed by atoms with Gasteiger partial charge in [0.15, 0.2) is 0 Å². The molecule has 5 heteroatoms. The van der Waals surface area contributed by atoms with Crippen molar-refractivity contribution in [3.8, 4) is 0 Å². The SMILES string of the molecule is CCN(Cc1ccccc1)c1nccc(Nc2ccc(N3CCCC3)cc2)n1. The summed E-state index contributed by atoms with van der Waals surface area (Å²) in [5.74, 6) is 1.55. The first kappa shape index (κ1) is 18.3. The van der Waals surface area contributed by atoms with E-state index >= 15 is 0 Å². The van der Waals surface area contributed by atoms with Crippen molar-refractivity contribution in [1.82, 2.24) is 9.97 Å². The number of nitrogens with one attached hydrogen (secondary N) is 1. The van der Waals surface area contributed by atoms with Gasteiger partial charge >= 0.3 is 0 Å². The molecule has 0 amide bonds. The Kier molecular flexibility index (Phi) is 5.71. The van der Waals surface area contributed by atoms with Gasteiger partial charge in [0.25, 0.3) is 0 Å². The highest BCUT2D eigenvalue weighted by Crippen LogP contribution is 2.24. The maximum Gasteiger partial charge on any atom is 0.227 e. The molecule has 4 rings (SSSR count). The molecule has 1 aromatic heterocycles. The van der Waals surface area contributed by atoms with Gasteiger partial charge in [0, 0.05) is 43.8 Å². The van der Waals surface area contributed by atoms with Crippen LogP contribution in [0.15, 0.2) is 66.9 Å². The molecule has 0 spiro atoms. The van der Waals surface area contributed by atoms with Gasteiger partial charge in [-0.25, -0.2) is 4.98 Å². The van der Waals surface area contributed by atoms with Gasteiger partial charge in [-0.2, -0.15) is 4.98 Å². The van der Waals surface area contributed by atoms with E-state index in [-0.39, 0.29) is 0 Å². The molecule has 28 heavy (non-hydrogen) atoms. The van der Waals surface area contributed by atoms with Crippen LogP contribution in [0.2, 0.25) is 0 Å². The van der Waals surface area contributed by atoms with Crippen LogP contribution in [0, 0.1) is 0 Å². The lowest BCUT2D eigenvalue weighted by Gasteiger charge is -2.21. The number of nitrogens with zero attached hydrogens (tertiary/aromatic N) is 4. The Bertz CT molecular complexity index is 873. The minimum atomic E-state index is 0.741. The van der Waals surface area contributed by atoms with Gasteiger partial charge < -0.3 is 15.1 Å². The van der Waals surface area contributed by atoms with E-state index in [1.165, 1.54) is 24.1 Å². The standard InChI is InChI=1S/C23H27N5/c1-2-27(18-19-8-4-3-5-9-19)23-24-15-14-22(26-23)25-20-10-12-21(13-11-20)28-16-6-7-17-28/h3-5,8-15H,2,6-7,16-18H2,1H3,(H,24,25,26). The van der Waals surface area contributed by atoms with Crippen LogP contribution in [-0.2, 0) is 6.54 Å². The predicted octanol–water partition coefficient (Wildman–Crippen LogP) is 4.85. The quantitative estimate of drug-likeness (QED) is 0.641. The predicted molar refractivity (Wildman–Crippen MR) is 116 cm³/mol. The van der Waals surface area contributed by atoms with E-state index in [1.54, 1.807) is 0 Å². The summed E-state index contributed by atoms with van der Waals surface area (Å²) < 4.78 is 0. The first-order valence-electron chi connectivity index (χ1n) is 10.1. The summed E-state index contributed by atoms with van der Waals surface area (Å²) in [6.45, 7) is 6.10. The largest absolute Gasteiger partial charge is 0.372 e. The van der Waals surface area contributed by atoms with E-state index in [1.807, 2.05) is 18.3 Å². The Morgan fingerprint density at radius 3 is 2.43 bits per heavy atom. The van der Waals surface area contributed by atoms with Crippen molar-refractivity contribution < 1.29 is 0 Å². The maximum atomic E-state index is 4.73. The van der Waals surface area contributed by atoms with E-state index in [2.05, 4.69) is 75.6 Å². The molecule has 1 N–H and O–H groups in total. The zero-order chi connectivity index (χ0) is 19.2. The van der Waals surface area contributed by atoms with E-state index in [0.717, 1.165) is 43.6 Å². The molecule has 1 aliphatic heterocycles. The summed E-state index contributed by atoms with van der Waals surface area (Å²) in [5, 5.41) is 3.41. The summed E-state index contributed by atoms with van der Waals surface area (Å²) in [7, 11) is 0. The molecule has 5 nitrogen and oxygen atoms in total. The molecule has 0 unspecified atom stereocenters. The van der Waals surface area contributed by atoms with Crippen LogP contribution >= 0.6 is 0 Å². The third-order valence-corrected chi connectivity index (χ3v) is 5.13. The Morgan fingerprint density at radius 2 is 1.71 bits per heavy atom. The van der Waals surface area contributed by atoms with Crippen LogP contribution in [0.3, 0.4) is 0 Å². The molecule has 0 bridgehead atoms. The monoisotopic (exact) mass is 373 g/mol. The summed E-state index contributed by atoms with van der Waals surface area (Å²) in [4.78, 5) is 13.8. The van der Waals surface area contributed by atoms with Crippen molar-refractivity contribution in [2.75, 3.05) is 34.8 Å². The third-order valence-electron chi connectivity index (χ3n) is 5.13. The van der Waals surface area contributed by atoms with E-state index < -0.39 is 0 Å². The lowest BCUT2D eigenvalue weighted by atomic mass is 10.2. The molecule has 0 radical (unpaired) electrons. The Morgan fingerprint density at radius 1 is 0.964 bits per heavy atom. The topological polar surface area (TPSA) is 44.3 Å². The minimum absolute atomic E-state index is 0.741. The van der Waals surface area contributed by atoms with Crippen LogP contribution in [0.25, 0.3) is 0 Å². The number of rotatable bonds is 7. The fourth-order valence-corrected chi connectivity index (χ4v) is 3.58. The summed E-state index contributed by atoms with van der Waals surface area (Å²) in [6.07, 6.45) is 4.40. The third kappa shape index (κ3) is 4.42. The van der Waals surface area contributed by atoms with Crippen LogP contribution in [0.1, 0.15) is 25.3 Å². The molecule has 0 aliphatic carbocycles. The summed E-state index contributed by atoms with van der Waals surface area (Å²) in [6, 6.07) is 21.0. The van der Waals surface area contributed by atoms with Crippen molar-refractivity contribution >= 4 is 23.1 Å². The second-order valence-electron chi connectivity index (χ2n) is 7.11. The van der Waals surface area contributed by atoms with Gasteiger partial charge in [-0.15, -0.1) is 0 Å². The molecule has 1 aliphatic rings. The van der Waals surface area contributed by atoms with E-state index in [4.69, 9.17) is 4.98 Å². The summed E-state index contributed by atoms with van der Waals surface area (Å²) >= 11 is 0. The maximum absolute atomic E-state index is 4.73. The molecule has 0 atom stereocenters. The van der Waals surface area contributed by atoms with Crippen LogP contribution in [0.5, 0.6) is 0 Å². The molecule has 0 saturated carbocycles. The zero-order valence-electron chi connectivity index (χ0n) is 16.4. The lowest BCUT2D eigenvalue weighted by Crippen LogP contribution is -2.24. The van der Waals surface area contributed by atoms with Crippen molar-refractivity contribution in [2.45, 2.75) is 26.3 Å². The highest BCUT2D eigenvalue weighted by molar-refractivity contribution is 5.61. The van der Waals surface area contributed by atoms with Crippen LogP contribution < -0.4 is 15.1 Å². The van der Waals surface area contributed by atoms with Gasteiger partial charge in [0.05, 0.1) is 0 Å². The van der Waals surface area contributed by atoms with Crippen LogP contribution in [0.4, 0.5) is 23.1 Å². The fourth-order valence-electron chi connectivity index (χ4n) is 3.58. The van der Waals surface area contributed by atoms with Crippen molar-refractivity contribution in [3.05, 3.63) is 72.4 Å². The molecular formula is C23H27N5. The van der Waals surface area contributed by atoms with Gasteiger partial charge in [0.2, 0.25) is 5.95 Å². The van der Waals surface area contributed by atoms with E-state index in [9.17, 15) is 0 Å².